The third kappa shape index (κ3) is 31.8. The van der Waals surface area contributed by atoms with Gasteiger partial charge in [0.2, 0.25) is 47.0 Å². The monoisotopic (exact) mass is 1490 g/mol. The minimum atomic E-state index is -3.22. The molecular weight excluding hydrogens is 1400 g/mol. The number of benzene rings is 3. The van der Waals surface area contributed by atoms with Gasteiger partial charge in [-0.05, 0) is 88.1 Å². The first-order valence-corrected chi connectivity index (χ1v) is 36.9. The molecule has 3 aromatic carbocycles. The molecule has 6 rings (SSSR count). The highest BCUT2D eigenvalue weighted by Gasteiger charge is 2.49. The van der Waals surface area contributed by atoms with Gasteiger partial charge in [0.15, 0.2) is 6.10 Å². The predicted molar refractivity (Wildman–Crippen MR) is 378 cm³/mol. The lowest BCUT2D eigenvalue weighted by atomic mass is 9.93. The number of carboxylic acids is 5. The van der Waals surface area contributed by atoms with Crippen LogP contribution in [0, 0.1) is 0 Å². The zero-order valence-electron chi connectivity index (χ0n) is 55.8. The Bertz CT molecular complexity index is 3330. The molecule has 1 aromatic heterocycles. The highest BCUT2D eigenvalue weighted by Crippen LogP contribution is 2.40. The Morgan fingerprint density at radius 1 is 0.663 bits per heavy atom. The van der Waals surface area contributed by atoms with Crippen molar-refractivity contribution in [1.29, 1.82) is 0 Å². The normalized spacial score (nSPS) is 21.3. The number of aliphatic carboxylic acids is 5. The van der Waals surface area contributed by atoms with Crippen molar-refractivity contribution in [3.05, 3.63) is 108 Å². The first-order valence-electron chi connectivity index (χ1n) is 32.0. The Hall–Kier alpha value is -8.04. The highest BCUT2D eigenvalue weighted by atomic mass is 33.1. The molecule has 32 nitrogen and oxygen atoms in total. The van der Waals surface area contributed by atoms with Gasteiger partial charge in [0.1, 0.15) is 36.3 Å². The van der Waals surface area contributed by atoms with Crippen molar-refractivity contribution < 1.29 is 109 Å². The van der Waals surface area contributed by atoms with Gasteiger partial charge in [-0.3, -0.25) is 47.9 Å². The third-order valence-corrected chi connectivity index (χ3v) is 20.7. The molecule has 22 N–H and O–H groups in total. The molecule has 4 aromatic rings. The molecule has 0 radical (unpaired) electrons. The lowest BCUT2D eigenvalue weighted by Crippen LogP contribution is -2.62. The van der Waals surface area contributed by atoms with E-state index in [4.69, 9.17) is 52.0 Å². The summed E-state index contributed by atoms with van der Waals surface area (Å²) in [6.45, 7) is 3.31. The van der Waals surface area contributed by atoms with Crippen LogP contribution in [0.15, 0.2) is 91.1 Å². The lowest BCUT2D eigenvalue weighted by molar-refractivity contribution is -0.187. The van der Waals surface area contributed by atoms with Crippen molar-refractivity contribution in [1.82, 2.24) is 42.2 Å². The number of aliphatic hydroxyl groups excluding tert-OH is 4. The van der Waals surface area contributed by atoms with Crippen LogP contribution in [0.3, 0.4) is 0 Å². The summed E-state index contributed by atoms with van der Waals surface area (Å²) in [6, 6.07) is 14.6. The summed E-state index contributed by atoms with van der Waals surface area (Å²) < 4.78 is 0. The second-order valence-electron chi connectivity index (χ2n) is 23.5. The van der Waals surface area contributed by atoms with Crippen LogP contribution in [0.25, 0.3) is 10.9 Å². The van der Waals surface area contributed by atoms with Crippen LogP contribution in [0.5, 0.6) is 0 Å². The number of carbonyl (C=O) groups is 12. The molecule has 0 bridgehead atoms. The summed E-state index contributed by atoms with van der Waals surface area (Å²) >= 11 is 0. The first kappa shape index (κ1) is 87.2. The van der Waals surface area contributed by atoms with Crippen molar-refractivity contribution in [2.24, 2.45) is 11.5 Å². The number of aromatic amines is 1. The summed E-state index contributed by atoms with van der Waals surface area (Å²) in [5, 5.41) is 110. The van der Waals surface area contributed by atoms with E-state index in [1.807, 2.05) is 51.9 Å². The maximum absolute atomic E-state index is 14.7. The number of unbranched alkanes of at least 4 members (excludes halogenated alkanes) is 2. The summed E-state index contributed by atoms with van der Waals surface area (Å²) in [5.41, 5.74) is 11.8. The molecule has 2 saturated heterocycles. The van der Waals surface area contributed by atoms with Crippen LogP contribution in [0.2, 0.25) is 0 Å². The van der Waals surface area contributed by atoms with E-state index < -0.39 is 156 Å². The first-order chi connectivity index (χ1) is 47.8. The van der Waals surface area contributed by atoms with E-state index in [1.165, 1.54) is 32.4 Å². The summed E-state index contributed by atoms with van der Waals surface area (Å²) in [4.78, 5) is 153. The van der Waals surface area contributed by atoms with Crippen molar-refractivity contribution in [2.75, 3.05) is 30.4 Å². The quantitative estimate of drug-likeness (QED) is 0.0271. The Morgan fingerprint density at radius 3 is 1.78 bits per heavy atom. The zero-order chi connectivity index (χ0) is 75.4. The molecule has 2 unspecified atom stereocenters. The van der Waals surface area contributed by atoms with E-state index >= 15 is 0 Å². The topological polar surface area (TPSA) is 559 Å². The Morgan fingerprint density at radius 2 is 1.23 bits per heavy atom. The van der Waals surface area contributed by atoms with Crippen LogP contribution in [0.4, 0.5) is 0 Å². The van der Waals surface area contributed by atoms with Crippen LogP contribution in [-0.4, -0.2) is 235 Å². The fourth-order valence-electron chi connectivity index (χ4n) is 9.66. The SMILES string of the molecule is CC(=O)O.C[C@@H](O)[C@@H]1NC(=O)[C@H](CCCCN)NC(=O)[C@@H](Cc2c[nH]c3ccccc23)NC(=O)[C@H](Cc2ccccc2)NC(=O)[C@@H](NC(=O)[C@H](N)Cc2ccccc2)CSSC[C@@H](C(=O)N[C@H](CO)[C@@H](C)O)NC1=O.O=C(O)CC(O)(C(=O)O)C(O)C(=O)O.O=C(O)CCCC[C@@H]1CCSS1. The molecule has 2 fully saturated rings. The number of aliphatic hydroxyl groups is 5. The van der Waals surface area contributed by atoms with Gasteiger partial charge >= 0.3 is 23.9 Å². The van der Waals surface area contributed by atoms with E-state index in [-0.39, 0.29) is 43.7 Å². The number of nitrogens with two attached hydrogens (primary N) is 2. The van der Waals surface area contributed by atoms with E-state index in [0.717, 1.165) is 63.1 Å². The molecule has 7 amide bonds. The van der Waals surface area contributed by atoms with Gasteiger partial charge in [-0.1, -0.05) is 128 Å². The van der Waals surface area contributed by atoms with Crippen molar-refractivity contribution >= 4 is 125 Å². The van der Waals surface area contributed by atoms with E-state index in [0.29, 0.717) is 30.4 Å². The number of carbonyl (C=O) groups excluding carboxylic acids is 7. The molecule has 101 heavy (non-hydrogen) atoms. The van der Waals surface area contributed by atoms with E-state index in [2.05, 4.69) is 42.2 Å². The van der Waals surface area contributed by atoms with Crippen molar-refractivity contribution in [2.45, 2.75) is 175 Å². The smallest absolute Gasteiger partial charge is 0.339 e. The molecule has 0 spiro atoms. The number of hydrogen-bond acceptors (Lipinski definition) is 23. The summed E-state index contributed by atoms with van der Waals surface area (Å²) in [6.07, 6.45) is 0.502. The Balaban J connectivity index is 0.000000725. The number of H-pyrrole nitrogens is 1. The molecule has 2 aliphatic rings. The minimum absolute atomic E-state index is 0.0340. The van der Waals surface area contributed by atoms with E-state index in [1.54, 1.807) is 60.8 Å². The Labute approximate surface area is 598 Å². The molecular formula is C65H92N10O22S4. The Kier molecular flexibility index (Phi) is 39.5. The van der Waals surface area contributed by atoms with Crippen LogP contribution < -0.4 is 48.7 Å². The number of aromatic nitrogens is 1. The zero-order valence-corrected chi connectivity index (χ0v) is 59.0. The number of para-hydroxylation sites is 1. The molecule has 0 saturated carbocycles. The lowest BCUT2D eigenvalue weighted by Gasteiger charge is -2.29. The summed E-state index contributed by atoms with van der Waals surface area (Å²) in [7, 11) is 5.98. The van der Waals surface area contributed by atoms with Gasteiger partial charge in [-0.2, -0.15) is 0 Å². The molecule has 558 valence electrons. The number of carboxylic acid groups (broad SMARTS) is 5. The molecule has 36 heteroatoms. The molecule has 0 aliphatic carbocycles. The fraction of sp³-hybridized carbons (Fsp3) is 0.508. The van der Waals surface area contributed by atoms with Gasteiger partial charge in [0, 0.05) is 65.8 Å². The third-order valence-electron chi connectivity index (χ3n) is 15.2. The molecule has 3 heterocycles. The van der Waals surface area contributed by atoms with Gasteiger partial charge in [0.05, 0.1) is 37.3 Å². The number of hydrogen-bond donors (Lipinski definition) is 20. The largest absolute Gasteiger partial charge is 0.481 e. The van der Waals surface area contributed by atoms with Gasteiger partial charge in [0.25, 0.3) is 5.97 Å². The van der Waals surface area contributed by atoms with Crippen LogP contribution >= 0.6 is 43.2 Å². The average molecular weight is 1490 g/mol. The van der Waals surface area contributed by atoms with Gasteiger partial charge < -0.3 is 105 Å². The molecule has 2 aliphatic heterocycles. The molecule has 13 atom stereocenters. The minimum Gasteiger partial charge on any atom is -0.481 e. The predicted octanol–water partition coefficient (Wildman–Crippen LogP) is -0.207. The second kappa shape index (κ2) is 45.7. The number of nitrogens with one attached hydrogen (secondary N) is 8. The highest BCUT2D eigenvalue weighted by molar-refractivity contribution is 8.77. The standard InChI is InChI=1S/C49H66N10O10S2.C8H14O2S2.C6H8O8.C2H4O2/c1-28(61)39(25-60)56-48(68)41-27-71-70-26-40(57-43(63)34(51)21-30-13-5-3-6-14-30)47(67)54-37(22-31-15-7-4-8-16-31)45(65)55-38(23-32-24-52-35-18-10-9-17-33(32)35)46(66)53-36(19-11-12-20-50)44(64)59-42(29(2)62)49(69)58-41;9-8(10)4-2-1-3-7-5-6-11-12-7;7-2(8)1-6(14,5(12)13)3(9)4(10)11;1-2(3)4/h3-10,13-18,24,28-29,34,36-42,52,60-62H,11-12,19-23,25-27,50-51H2,1-2H3,(H,53,66)(H,54,67)(H,55,65)(H,56,68)(H,57,63)(H,58,69)(H,59,64);7H,1-6H2,(H,9,10);3,9,14H,1H2,(H,7,8)(H,10,11)(H,12,13);1H3,(H,3,4)/t28-,29-,34-,36+,37+,38-,39-,40+,41+,42+;7-;;/m11../s1. The average Bonchev–Trinajstić information content (AvgIpc) is 1.29. The van der Waals surface area contributed by atoms with Crippen LogP contribution in [-0.2, 0) is 76.8 Å². The number of fused-ring (bicyclic) bond motifs is 1. The summed E-state index contributed by atoms with van der Waals surface area (Å²) in [5.74, 6) is -12.1. The maximum atomic E-state index is 14.7. The second-order valence-corrected chi connectivity index (χ2v) is 28.8. The van der Waals surface area contributed by atoms with Gasteiger partial charge in [-0.25, -0.2) is 9.59 Å². The number of amides is 7. The fourth-order valence-corrected chi connectivity index (χ4v) is 15.0. The van der Waals surface area contributed by atoms with Gasteiger partial charge in [-0.15, -0.1) is 0 Å². The van der Waals surface area contributed by atoms with E-state index in [9.17, 15) is 68.1 Å². The van der Waals surface area contributed by atoms with Crippen molar-refractivity contribution in [3.8, 4) is 0 Å². The van der Waals surface area contributed by atoms with Crippen molar-refractivity contribution in [3.63, 3.8) is 0 Å². The maximum Gasteiger partial charge on any atom is 0.339 e. The van der Waals surface area contributed by atoms with Crippen LogP contribution in [0.1, 0.15) is 95.2 Å². The number of rotatable bonds is 27.